The summed E-state index contributed by atoms with van der Waals surface area (Å²) in [6, 6.07) is 4.85. The zero-order chi connectivity index (χ0) is 11.6. The van der Waals surface area contributed by atoms with Crippen LogP contribution in [0.25, 0.3) is 11.1 Å². The van der Waals surface area contributed by atoms with Crippen LogP contribution in [-0.2, 0) is 6.18 Å². The minimum atomic E-state index is -4.31. The normalized spacial score (nSPS) is 11.4. The fourth-order valence-corrected chi connectivity index (χ4v) is 1.26. The van der Waals surface area contributed by atoms with Crippen molar-refractivity contribution < 1.29 is 13.2 Å². The first-order chi connectivity index (χ1) is 7.57. The molecule has 1 aromatic heterocycles. The number of rotatable bonds is 1. The van der Waals surface area contributed by atoms with Gasteiger partial charge in [0.2, 0.25) is 0 Å². The summed E-state index contributed by atoms with van der Waals surface area (Å²) in [5, 5.41) is 0. The van der Waals surface area contributed by atoms with Crippen molar-refractivity contribution in [1.82, 2.24) is 9.97 Å². The highest BCUT2D eigenvalue weighted by Crippen LogP contribution is 2.30. The van der Waals surface area contributed by atoms with E-state index in [1.54, 1.807) is 0 Å². The molecule has 0 N–H and O–H groups in total. The molecule has 5 heteroatoms. The quantitative estimate of drug-likeness (QED) is 0.742. The highest BCUT2D eigenvalue weighted by Gasteiger charge is 2.29. The Labute approximate surface area is 89.8 Å². The lowest BCUT2D eigenvalue weighted by atomic mass is 10.1. The first-order valence-corrected chi connectivity index (χ1v) is 4.43. The van der Waals surface area contributed by atoms with Crippen LogP contribution in [0.1, 0.15) is 5.56 Å². The maximum absolute atomic E-state index is 12.3. The Balaban J connectivity index is 2.34. The van der Waals surface area contributed by atoms with E-state index >= 15 is 0 Å². The molecule has 2 rings (SSSR count). The second-order valence-corrected chi connectivity index (χ2v) is 3.15. The summed E-state index contributed by atoms with van der Waals surface area (Å²) in [6.45, 7) is 0. The second-order valence-electron chi connectivity index (χ2n) is 3.15. The van der Waals surface area contributed by atoms with E-state index in [4.69, 9.17) is 0 Å². The minimum absolute atomic E-state index is 0.641. The average molecular weight is 223 g/mol. The van der Waals surface area contributed by atoms with Gasteiger partial charge >= 0.3 is 6.18 Å². The number of benzene rings is 1. The van der Waals surface area contributed by atoms with E-state index in [1.165, 1.54) is 24.5 Å². The minimum Gasteiger partial charge on any atom is -0.233 e. The monoisotopic (exact) mass is 223 g/mol. The van der Waals surface area contributed by atoms with Crippen LogP contribution in [-0.4, -0.2) is 9.97 Å². The van der Waals surface area contributed by atoms with Crippen LogP contribution in [0.3, 0.4) is 0 Å². The van der Waals surface area contributed by atoms with Gasteiger partial charge in [0.1, 0.15) is 0 Å². The summed E-state index contributed by atoms with van der Waals surface area (Å²) in [5.74, 6) is 0. The first-order valence-electron chi connectivity index (χ1n) is 4.43. The Bertz CT molecular complexity index is 463. The summed E-state index contributed by atoms with van der Waals surface area (Å²) in [5.41, 5.74) is 0.633. The van der Waals surface area contributed by atoms with Gasteiger partial charge < -0.3 is 0 Å². The van der Waals surface area contributed by atoms with Crippen LogP contribution >= 0.6 is 0 Å². The van der Waals surface area contributed by atoms with E-state index < -0.39 is 11.7 Å². The van der Waals surface area contributed by atoms with E-state index in [-0.39, 0.29) is 0 Å². The van der Waals surface area contributed by atoms with Crippen molar-refractivity contribution in [2.45, 2.75) is 6.18 Å². The Kier molecular flexibility index (Phi) is 2.60. The fraction of sp³-hybridized carbons (Fsp3) is 0.0909. The molecule has 0 spiro atoms. The molecule has 0 saturated heterocycles. The molecule has 1 aromatic carbocycles. The third kappa shape index (κ3) is 2.18. The molecule has 0 saturated carbocycles. The number of alkyl halides is 3. The van der Waals surface area contributed by atoms with Gasteiger partial charge in [0.05, 0.1) is 5.56 Å². The second kappa shape index (κ2) is 3.92. The summed E-state index contributed by atoms with van der Waals surface area (Å²) < 4.78 is 36.9. The molecule has 0 aliphatic rings. The molecule has 0 aliphatic carbocycles. The van der Waals surface area contributed by atoms with Crippen molar-refractivity contribution in [1.29, 1.82) is 0 Å². The summed E-state index contributed by atoms with van der Waals surface area (Å²) >= 11 is 0. The lowest BCUT2D eigenvalue weighted by Crippen LogP contribution is -2.03. The largest absolute Gasteiger partial charge is 0.416 e. The maximum atomic E-state index is 12.3. The predicted octanol–water partition coefficient (Wildman–Crippen LogP) is 2.96. The van der Waals surface area contributed by atoms with Crippen molar-refractivity contribution in [3.05, 3.63) is 48.5 Å². The number of aromatic nitrogens is 2. The highest BCUT2D eigenvalue weighted by atomic mass is 19.4. The van der Waals surface area contributed by atoms with Crippen LogP contribution in [0.4, 0.5) is 13.2 Å². The molecule has 2 aromatic rings. The van der Waals surface area contributed by atoms with Crippen molar-refractivity contribution in [3.63, 3.8) is 0 Å². The van der Waals surface area contributed by atoms with Gasteiger partial charge in [-0.25, -0.2) is 9.97 Å². The number of halogens is 3. The van der Waals surface area contributed by atoms with Crippen LogP contribution < -0.4 is 0 Å². The van der Waals surface area contributed by atoms with Crippen LogP contribution in [0, 0.1) is 6.33 Å². The van der Waals surface area contributed by atoms with E-state index in [2.05, 4.69) is 16.3 Å². The van der Waals surface area contributed by atoms with E-state index in [0.717, 1.165) is 12.1 Å². The van der Waals surface area contributed by atoms with Crippen LogP contribution in [0.5, 0.6) is 0 Å². The maximum Gasteiger partial charge on any atom is 0.416 e. The summed E-state index contributed by atoms with van der Waals surface area (Å²) in [7, 11) is 0. The smallest absolute Gasteiger partial charge is 0.233 e. The van der Waals surface area contributed by atoms with Gasteiger partial charge in [0, 0.05) is 18.0 Å². The lowest BCUT2D eigenvalue weighted by Gasteiger charge is -2.07. The molecule has 16 heavy (non-hydrogen) atoms. The fourth-order valence-electron chi connectivity index (χ4n) is 1.26. The van der Waals surface area contributed by atoms with Gasteiger partial charge in [0.25, 0.3) is 0 Å². The molecule has 0 fully saturated rings. The van der Waals surface area contributed by atoms with Gasteiger partial charge in [-0.1, -0.05) is 12.1 Å². The zero-order valence-electron chi connectivity index (χ0n) is 7.99. The molecule has 1 heterocycles. The van der Waals surface area contributed by atoms with Crippen molar-refractivity contribution in [2.75, 3.05) is 0 Å². The topological polar surface area (TPSA) is 25.8 Å². The summed E-state index contributed by atoms with van der Waals surface area (Å²) in [6.07, 6.45) is 1.04. The van der Waals surface area contributed by atoms with Crippen LogP contribution in [0.2, 0.25) is 0 Å². The molecule has 0 bridgehead atoms. The zero-order valence-corrected chi connectivity index (χ0v) is 7.99. The lowest BCUT2D eigenvalue weighted by molar-refractivity contribution is -0.137. The Morgan fingerprint density at radius 1 is 0.875 bits per heavy atom. The first kappa shape index (κ1) is 10.6. The molecule has 1 radical (unpaired) electrons. The molecule has 0 amide bonds. The molecule has 81 valence electrons. The van der Waals surface area contributed by atoms with Crippen molar-refractivity contribution >= 4 is 0 Å². The van der Waals surface area contributed by atoms with Gasteiger partial charge in [-0.2, -0.15) is 13.2 Å². The molecule has 0 aliphatic heterocycles. The van der Waals surface area contributed by atoms with E-state index in [9.17, 15) is 13.2 Å². The predicted molar refractivity (Wildman–Crippen MR) is 51.3 cm³/mol. The number of nitrogens with zero attached hydrogens (tertiary/aromatic N) is 2. The van der Waals surface area contributed by atoms with E-state index in [0.29, 0.717) is 11.1 Å². The summed E-state index contributed by atoms with van der Waals surface area (Å²) in [4.78, 5) is 7.35. The number of hydrogen-bond donors (Lipinski definition) is 0. The number of hydrogen-bond acceptors (Lipinski definition) is 2. The molecular formula is C11H6F3N2. The van der Waals surface area contributed by atoms with Gasteiger partial charge in [-0.3, -0.25) is 0 Å². The molecule has 0 unspecified atom stereocenters. The highest BCUT2D eigenvalue weighted by molar-refractivity contribution is 5.61. The SMILES string of the molecule is FC(F)(F)c1ccc(-c2cn[c]nc2)cc1. The Morgan fingerprint density at radius 3 is 1.94 bits per heavy atom. The van der Waals surface area contributed by atoms with Gasteiger partial charge in [0.15, 0.2) is 6.33 Å². The molecule has 0 atom stereocenters. The standard InChI is InChI=1S/C11H6F3N2/c12-11(13,14)10-3-1-8(2-4-10)9-5-15-7-16-6-9/h1-6H. The molecular weight excluding hydrogens is 217 g/mol. The van der Waals surface area contributed by atoms with Gasteiger partial charge in [-0.15, -0.1) is 0 Å². The third-order valence-corrected chi connectivity index (χ3v) is 2.07. The third-order valence-electron chi connectivity index (χ3n) is 2.07. The van der Waals surface area contributed by atoms with Crippen LogP contribution in [0.15, 0.2) is 36.7 Å². The molecule has 2 nitrogen and oxygen atoms in total. The Morgan fingerprint density at radius 2 is 1.44 bits per heavy atom. The van der Waals surface area contributed by atoms with E-state index in [1.807, 2.05) is 0 Å². The Hall–Kier alpha value is -1.91. The van der Waals surface area contributed by atoms with Gasteiger partial charge in [-0.05, 0) is 17.7 Å². The average Bonchev–Trinajstić information content (AvgIpc) is 2.29. The van der Waals surface area contributed by atoms with Crippen molar-refractivity contribution in [2.24, 2.45) is 0 Å². The van der Waals surface area contributed by atoms with Crippen molar-refractivity contribution in [3.8, 4) is 11.1 Å².